The Bertz CT molecular complexity index is 691. The Kier molecular flexibility index (Phi) is 7.86. The molecule has 1 amide bonds. The normalized spacial score (nSPS) is 23.3. The lowest BCUT2D eigenvalue weighted by Gasteiger charge is -2.30. The monoisotopic (exact) mass is 404 g/mol. The zero-order chi connectivity index (χ0) is 20.6. The van der Waals surface area contributed by atoms with Gasteiger partial charge in [0.15, 0.2) is 5.96 Å². The number of carbonyl (C=O) groups is 1. The lowest BCUT2D eigenvalue weighted by molar-refractivity contribution is -0.126. The number of ether oxygens (including phenoxy) is 1. The first-order valence-corrected chi connectivity index (χ1v) is 10.7. The number of methoxy groups -OCH3 is 1. The highest BCUT2D eigenvalue weighted by molar-refractivity contribution is 5.81. The molecule has 1 aromatic rings. The van der Waals surface area contributed by atoms with Crippen LogP contribution < -0.4 is 16.0 Å². The summed E-state index contributed by atoms with van der Waals surface area (Å²) in [7, 11) is 1.63. The first-order valence-electron chi connectivity index (χ1n) is 10.7. The minimum Gasteiger partial charge on any atom is -0.375 e. The van der Waals surface area contributed by atoms with Gasteiger partial charge in [0.1, 0.15) is 11.9 Å². The number of nitrogens with one attached hydrogen (secondary N) is 3. The van der Waals surface area contributed by atoms with Crippen molar-refractivity contribution in [2.24, 2.45) is 10.9 Å². The van der Waals surface area contributed by atoms with E-state index in [1.165, 1.54) is 12.1 Å². The summed E-state index contributed by atoms with van der Waals surface area (Å²) in [6, 6.07) is 6.95. The van der Waals surface area contributed by atoms with Crippen LogP contribution in [0.5, 0.6) is 0 Å². The highest BCUT2D eigenvalue weighted by Crippen LogP contribution is 2.27. The zero-order valence-corrected chi connectivity index (χ0v) is 17.4. The molecule has 6 nitrogen and oxygen atoms in total. The topological polar surface area (TPSA) is 74.8 Å². The predicted molar refractivity (Wildman–Crippen MR) is 112 cm³/mol. The van der Waals surface area contributed by atoms with Gasteiger partial charge in [-0.2, -0.15) is 0 Å². The molecule has 3 unspecified atom stereocenters. The minimum atomic E-state index is -0.264. The molecule has 3 atom stereocenters. The third-order valence-corrected chi connectivity index (χ3v) is 5.60. The molecule has 0 aromatic heterocycles. The molecule has 2 fully saturated rings. The molecule has 2 saturated carbocycles. The van der Waals surface area contributed by atoms with E-state index >= 15 is 0 Å². The maximum atomic E-state index is 13.2. The SMILES string of the molecule is CCNC(=NCC(OC)c1ccc(F)cc1)NC1CCCC(C(=O)NC2CC2)C1. The second kappa shape index (κ2) is 10.6. The van der Waals surface area contributed by atoms with Crippen molar-refractivity contribution in [1.29, 1.82) is 0 Å². The fourth-order valence-corrected chi connectivity index (χ4v) is 3.79. The van der Waals surface area contributed by atoms with Crippen LogP contribution in [0, 0.1) is 11.7 Å². The second-order valence-electron chi connectivity index (χ2n) is 7.98. The fraction of sp³-hybridized carbons (Fsp3) is 0.636. The van der Waals surface area contributed by atoms with Crippen LogP contribution >= 0.6 is 0 Å². The number of carbonyl (C=O) groups excluding carboxylic acids is 1. The van der Waals surface area contributed by atoms with E-state index in [0.717, 1.165) is 56.6 Å². The van der Waals surface area contributed by atoms with E-state index in [1.807, 2.05) is 6.92 Å². The Morgan fingerprint density at radius 3 is 2.59 bits per heavy atom. The van der Waals surface area contributed by atoms with E-state index in [-0.39, 0.29) is 29.8 Å². The van der Waals surface area contributed by atoms with Crippen molar-refractivity contribution in [2.75, 3.05) is 20.2 Å². The van der Waals surface area contributed by atoms with E-state index < -0.39 is 0 Å². The highest BCUT2D eigenvalue weighted by atomic mass is 19.1. The first kappa shape index (κ1) is 21.6. The largest absolute Gasteiger partial charge is 0.375 e. The highest BCUT2D eigenvalue weighted by Gasteiger charge is 2.31. The smallest absolute Gasteiger partial charge is 0.223 e. The van der Waals surface area contributed by atoms with Gasteiger partial charge in [0, 0.05) is 31.7 Å². The molecule has 29 heavy (non-hydrogen) atoms. The number of benzene rings is 1. The number of aliphatic imine (C=N–C) groups is 1. The van der Waals surface area contributed by atoms with Crippen LogP contribution in [0.15, 0.2) is 29.3 Å². The van der Waals surface area contributed by atoms with Gasteiger partial charge >= 0.3 is 0 Å². The summed E-state index contributed by atoms with van der Waals surface area (Å²) in [6.45, 7) is 3.20. The number of hydrogen-bond donors (Lipinski definition) is 3. The van der Waals surface area contributed by atoms with Crippen molar-refractivity contribution >= 4 is 11.9 Å². The number of halogens is 1. The van der Waals surface area contributed by atoms with E-state index in [4.69, 9.17) is 4.74 Å². The summed E-state index contributed by atoms with van der Waals surface area (Å²) in [5, 5.41) is 9.91. The van der Waals surface area contributed by atoms with E-state index in [2.05, 4.69) is 20.9 Å². The van der Waals surface area contributed by atoms with Gasteiger partial charge in [-0.15, -0.1) is 0 Å². The summed E-state index contributed by atoms with van der Waals surface area (Å²) < 4.78 is 18.7. The molecule has 160 valence electrons. The van der Waals surface area contributed by atoms with Crippen molar-refractivity contribution in [3.63, 3.8) is 0 Å². The van der Waals surface area contributed by atoms with Gasteiger partial charge in [0.05, 0.1) is 6.54 Å². The van der Waals surface area contributed by atoms with Crippen LogP contribution in [-0.2, 0) is 9.53 Å². The Morgan fingerprint density at radius 1 is 1.17 bits per heavy atom. The number of rotatable bonds is 8. The van der Waals surface area contributed by atoms with Crippen molar-refractivity contribution in [3.8, 4) is 0 Å². The standard InChI is InChI=1S/C22H33FN4O2/c1-3-24-22(25-14-20(29-2)15-7-9-17(23)10-8-15)27-19-6-4-5-16(13-19)21(28)26-18-11-12-18/h7-10,16,18-20H,3-6,11-14H2,1-2H3,(H,26,28)(H2,24,25,27). The molecule has 3 N–H and O–H groups in total. The van der Waals surface area contributed by atoms with E-state index in [0.29, 0.717) is 12.6 Å². The molecule has 1 aromatic carbocycles. The molecule has 7 heteroatoms. The zero-order valence-electron chi connectivity index (χ0n) is 17.4. The van der Waals surface area contributed by atoms with Gasteiger partial charge in [0.2, 0.25) is 5.91 Å². The quantitative estimate of drug-likeness (QED) is 0.460. The Labute approximate surface area is 172 Å². The van der Waals surface area contributed by atoms with Crippen LogP contribution in [0.25, 0.3) is 0 Å². The van der Waals surface area contributed by atoms with E-state index in [1.54, 1.807) is 19.2 Å². The van der Waals surface area contributed by atoms with Gasteiger partial charge in [-0.1, -0.05) is 18.6 Å². The molecule has 2 aliphatic rings. The van der Waals surface area contributed by atoms with Crippen molar-refractivity contribution in [3.05, 3.63) is 35.6 Å². The number of guanidine groups is 1. The first-order chi connectivity index (χ1) is 14.1. The van der Waals surface area contributed by atoms with Crippen LogP contribution in [0.3, 0.4) is 0 Å². The molecular formula is C22H33FN4O2. The summed E-state index contributed by atoms with van der Waals surface area (Å²) in [4.78, 5) is 17.1. The van der Waals surface area contributed by atoms with Crippen LogP contribution in [-0.4, -0.2) is 44.1 Å². The molecule has 0 bridgehead atoms. The minimum absolute atomic E-state index is 0.0793. The maximum absolute atomic E-state index is 13.2. The van der Waals surface area contributed by atoms with Gasteiger partial charge in [-0.25, -0.2) is 4.39 Å². The Balaban J connectivity index is 1.57. The summed E-state index contributed by atoms with van der Waals surface area (Å²) in [5.41, 5.74) is 0.892. The average molecular weight is 405 g/mol. The van der Waals surface area contributed by atoms with Gasteiger partial charge in [0.25, 0.3) is 0 Å². The molecule has 3 rings (SSSR count). The van der Waals surface area contributed by atoms with Gasteiger partial charge < -0.3 is 20.7 Å². The molecular weight excluding hydrogens is 371 g/mol. The number of nitrogens with zero attached hydrogens (tertiary/aromatic N) is 1. The Morgan fingerprint density at radius 2 is 1.93 bits per heavy atom. The number of hydrogen-bond acceptors (Lipinski definition) is 3. The molecule has 2 aliphatic carbocycles. The van der Waals surface area contributed by atoms with Gasteiger partial charge in [-0.3, -0.25) is 9.79 Å². The van der Waals surface area contributed by atoms with E-state index in [9.17, 15) is 9.18 Å². The Hall–Kier alpha value is -2.15. The predicted octanol–water partition coefficient (Wildman–Crippen LogP) is 2.91. The second-order valence-corrected chi connectivity index (χ2v) is 7.98. The third-order valence-electron chi connectivity index (χ3n) is 5.60. The number of amides is 1. The maximum Gasteiger partial charge on any atom is 0.223 e. The van der Waals surface area contributed by atoms with Crippen molar-refractivity contribution < 1.29 is 13.9 Å². The summed E-state index contributed by atoms with van der Waals surface area (Å²) in [5.74, 6) is 0.747. The molecule has 0 saturated heterocycles. The van der Waals surface area contributed by atoms with Crippen molar-refractivity contribution in [1.82, 2.24) is 16.0 Å². The van der Waals surface area contributed by atoms with Crippen LogP contribution in [0.1, 0.15) is 57.1 Å². The van der Waals surface area contributed by atoms with Crippen molar-refractivity contribution in [2.45, 2.75) is 63.6 Å². The molecule has 0 heterocycles. The van der Waals surface area contributed by atoms with Crippen LogP contribution in [0.2, 0.25) is 0 Å². The molecule has 0 aliphatic heterocycles. The lowest BCUT2D eigenvalue weighted by atomic mass is 9.85. The van der Waals surface area contributed by atoms with Gasteiger partial charge in [-0.05, 0) is 56.7 Å². The molecule has 0 radical (unpaired) electrons. The lowest BCUT2D eigenvalue weighted by Crippen LogP contribution is -2.47. The van der Waals surface area contributed by atoms with Crippen LogP contribution in [0.4, 0.5) is 4.39 Å². The fourth-order valence-electron chi connectivity index (χ4n) is 3.79. The third kappa shape index (κ3) is 6.70. The summed E-state index contributed by atoms with van der Waals surface area (Å²) in [6.07, 6.45) is 5.85. The average Bonchev–Trinajstić information content (AvgIpc) is 3.54. The summed E-state index contributed by atoms with van der Waals surface area (Å²) >= 11 is 0. The molecule has 0 spiro atoms.